The normalized spacial score (nSPS) is 17.5. The first-order valence-corrected chi connectivity index (χ1v) is 14.0. The van der Waals surface area contributed by atoms with E-state index in [1.807, 2.05) is 0 Å². The van der Waals surface area contributed by atoms with E-state index in [9.17, 15) is 0 Å². The van der Waals surface area contributed by atoms with Crippen LogP contribution in [0.3, 0.4) is 0 Å². The van der Waals surface area contributed by atoms with Gasteiger partial charge in [0.15, 0.2) is 0 Å². The zero-order chi connectivity index (χ0) is 22.3. The molecule has 0 aliphatic heterocycles. The molecule has 3 aromatic carbocycles. The molecule has 1 saturated carbocycles. The molecule has 0 bridgehead atoms. The summed E-state index contributed by atoms with van der Waals surface area (Å²) in [5.41, 5.74) is 0. The first kappa shape index (κ1) is 25.8. The fraction of sp³-hybridized carbons (Fsp3) is 0.310. The average molecular weight is 542 g/mol. The van der Waals surface area contributed by atoms with Crippen molar-refractivity contribution < 1.29 is 0 Å². The first-order valence-electron chi connectivity index (χ1n) is 11.4. The summed E-state index contributed by atoms with van der Waals surface area (Å²) < 4.78 is 0.943. The van der Waals surface area contributed by atoms with Crippen molar-refractivity contribution in [3.63, 3.8) is 0 Å². The third-order valence-electron chi connectivity index (χ3n) is 5.08. The van der Waals surface area contributed by atoms with Gasteiger partial charge in [0.25, 0.3) is 0 Å². The maximum atomic E-state index is 3.81. The van der Waals surface area contributed by atoms with Crippen LogP contribution in [0, 0.1) is 5.92 Å². The number of benzene rings is 3. The third kappa shape index (κ3) is 9.29. The highest BCUT2D eigenvalue weighted by atomic mass is 127. The number of hydrogen-bond donors (Lipinski definition) is 0. The Kier molecular flexibility index (Phi) is 12.8. The van der Waals surface area contributed by atoms with Crippen LogP contribution < -0.4 is 15.9 Å². The van der Waals surface area contributed by atoms with Gasteiger partial charge >= 0.3 is 0 Å². The molecule has 1 aliphatic carbocycles. The smallest absolute Gasteiger partial charge is 0.0110 e. The highest BCUT2D eigenvalue weighted by Gasteiger charge is 2.16. The largest absolute Gasteiger partial charge is 0.103 e. The van der Waals surface area contributed by atoms with Crippen LogP contribution in [0.25, 0.3) is 0 Å². The molecule has 0 N–H and O–H groups in total. The van der Waals surface area contributed by atoms with E-state index in [0.29, 0.717) is 0 Å². The molecule has 1 aliphatic rings. The van der Waals surface area contributed by atoms with E-state index in [0.717, 1.165) is 9.84 Å². The van der Waals surface area contributed by atoms with Crippen molar-refractivity contribution in [1.29, 1.82) is 0 Å². The Morgan fingerprint density at radius 2 is 1.03 bits per heavy atom. The van der Waals surface area contributed by atoms with Crippen LogP contribution in [0.5, 0.6) is 0 Å². The van der Waals surface area contributed by atoms with Crippen LogP contribution in [0.4, 0.5) is 0 Å². The Bertz CT molecular complexity index is 730. The fourth-order valence-corrected chi connectivity index (χ4v) is 6.52. The van der Waals surface area contributed by atoms with Crippen LogP contribution in [0.15, 0.2) is 104 Å². The van der Waals surface area contributed by atoms with Gasteiger partial charge in [0, 0.05) is 3.92 Å². The van der Waals surface area contributed by atoms with E-state index in [1.54, 1.807) is 0 Å². The number of halogens is 1. The molecule has 0 atom stereocenters. The first-order chi connectivity index (χ1) is 15.2. The van der Waals surface area contributed by atoms with Crippen molar-refractivity contribution in [2.24, 2.45) is 5.92 Å². The molecule has 31 heavy (non-hydrogen) atoms. The van der Waals surface area contributed by atoms with E-state index in [4.69, 9.17) is 0 Å². The molecule has 0 saturated heterocycles. The van der Waals surface area contributed by atoms with Gasteiger partial charge in [-0.05, 0) is 55.4 Å². The van der Waals surface area contributed by atoms with E-state index in [-0.39, 0.29) is 0 Å². The standard InChI is InChI=1S/C18H15P.C8H13I.C3H8/c1-4-10-16(11-5-1)19(17-12-6-2-7-13-17)18-14-8-3-9-15-18;1-2-7-3-5-8(9)6-4-7;1-3-2/h1-15H;2,7-8H,1,3-6H2;3H2,1-2H3. The minimum Gasteiger partial charge on any atom is -0.103 e. The van der Waals surface area contributed by atoms with E-state index in [2.05, 4.69) is 140 Å². The Balaban J connectivity index is 0.000000238. The van der Waals surface area contributed by atoms with Crippen LogP contribution in [-0.2, 0) is 0 Å². The van der Waals surface area contributed by atoms with Crippen molar-refractivity contribution >= 4 is 46.4 Å². The molecule has 0 unspecified atom stereocenters. The minimum absolute atomic E-state index is 0.446. The van der Waals surface area contributed by atoms with E-state index in [1.165, 1.54) is 48.0 Å². The molecule has 3 aromatic rings. The Morgan fingerprint density at radius 1 is 0.710 bits per heavy atom. The number of hydrogen-bond acceptors (Lipinski definition) is 0. The van der Waals surface area contributed by atoms with Crippen LogP contribution in [0.1, 0.15) is 46.0 Å². The Labute approximate surface area is 205 Å². The zero-order valence-corrected chi connectivity index (χ0v) is 22.0. The van der Waals surface area contributed by atoms with Crippen molar-refractivity contribution in [2.45, 2.75) is 49.9 Å². The van der Waals surface area contributed by atoms with Gasteiger partial charge in [0.05, 0.1) is 0 Å². The number of rotatable bonds is 4. The van der Waals surface area contributed by atoms with Gasteiger partial charge in [-0.2, -0.15) is 0 Å². The lowest BCUT2D eigenvalue weighted by atomic mass is 9.90. The number of alkyl halides is 1. The summed E-state index contributed by atoms with van der Waals surface area (Å²) in [5.74, 6) is 0.830. The second kappa shape index (κ2) is 15.4. The second-order valence-corrected chi connectivity index (χ2v) is 11.8. The zero-order valence-electron chi connectivity index (χ0n) is 19.0. The van der Waals surface area contributed by atoms with Gasteiger partial charge in [-0.25, -0.2) is 0 Å². The van der Waals surface area contributed by atoms with Gasteiger partial charge in [-0.3, -0.25) is 0 Å². The molecule has 0 radical (unpaired) electrons. The summed E-state index contributed by atoms with van der Waals surface area (Å²) in [6.45, 7) is 8.06. The van der Waals surface area contributed by atoms with Crippen molar-refractivity contribution in [1.82, 2.24) is 0 Å². The molecule has 0 heterocycles. The minimum atomic E-state index is -0.446. The van der Waals surface area contributed by atoms with Gasteiger partial charge in [-0.1, -0.05) is 140 Å². The van der Waals surface area contributed by atoms with Crippen molar-refractivity contribution in [3.05, 3.63) is 104 Å². The molecule has 164 valence electrons. The molecule has 1 fully saturated rings. The highest BCUT2D eigenvalue weighted by Crippen LogP contribution is 2.32. The molecule has 0 nitrogen and oxygen atoms in total. The number of allylic oxidation sites excluding steroid dienone is 1. The van der Waals surface area contributed by atoms with Crippen LogP contribution >= 0.6 is 30.5 Å². The SMILES string of the molecule is C=CC1CCC(I)CC1.CCC.c1ccc(P(c2ccccc2)c2ccccc2)cc1. The third-order valence-corrected chi connectivity index (χ3v) is 8.77. The second-order valence-electron chi connectivity index (χ2n) is 7.80. The summed E-state index contributed by atoms with van der Waals surface area (Å²) in [7, 11) is -0.446. The molecule has 0 amide bonds. The molecule has 4 rings (SSSR count). The molecule has 2 heteroatoms. The maximum Gasteiger partial charge on any atom is 0.0110 e. The highest BCUT2D eigenvalue weighted by molar-refractivity contribution is 14.1. The van der Waals surface area contributed by atoms with Gasteiger partial charge < -0.3 is 0 Å². The predicted octanol–water partition coefficient (Wildman–Crippen LogP) is 8.03. The lowest BCUT2D eigenvalue weighted by Crippen LogP contribution is -2.20. The molecular formula is C29H36IP. The van der Waals surface area contributed by atoms with E-state index >= 15 is 0 Å². The summed E-state index contributed by atoms with van der Waals surface area (Å²) in [4.78, 5) is 0. The Morgan fingerprint density at radius 3 is 1.32 bits per heavy atom. The van der Waals surface area contributed by atoms with Crippen LogP contribution in [-0.4, -0.2) is 3.92 Å². The van der Waals surface area contributed by atoms with Gasteiger partial charge in [0.1, 0.15) is 0 Å². The molecule has 0 aromatic heterocycles. The Hall–Kier alpha value is -1.44. The summed E-state index contributed by atoms with van der Waals surface area (Å²) in [6, 6.07) is 32.3. The fourth-order valence-electron chi connectivity index (χ4n) is 3.49. The summed E-state index contributed by atoms with van der Waals surface area (Å²) in [6.07, 6.45) is 8.91. The monoisotopic (exact) mass is 542 g/mol. The van der Waals surface area contributed by atoms with E-state index < -0.39 is 7.92 Å². The van der Waals surface area contributed by atoms with Crippen molar-refractivity contribution in [2.75, 3.05) is 0 Å². The van der Waals surface area contributed by atoms with Crippen LogP contribution in [0.2, 0.25) is 0 Å². The average Bonchev–Trinajstić information content (AvgIpc) is 2.83. The topological polar surface area (TPSA) is 0 Å². The molecular weight excluding hydrogens is 506 g/mol. The molecule has 0 spiro atoms. The van der Waals surface area contributed by atoms with Gasteiger partial charge in [-0.15, -0.1) is 6.58 Å². The lowest BCUT2D eigenvalue weighted by Gasteiger charge is -2.21. The quantitative estimate of drug-likeness (QED) is 0.136. The summed E-state index contributed by atoms with van der Waals surface area (Å²) in [5, 5.41) is 4.19. The maximum absolute atomic E-state index is 3.81. The van der Waals surface area contributed by atoms with Crippen molar-refractivity contribution in [3.8, 4) is 0 Å². The lowest BCUT2D eigenvalue weighted by molar-refractivity contribution is 0.437. The van der Waals surface area contributed by atoms with Gasteiger partial charge in [0.2, 0.25) is 0 Å². The summed E-state index contributed by atoms with van der Waals surface area (Å²) >= 11 is 2.55. The predicted molar refractivity (Wildman–Crippen MR) is 151 cm³/mol.